The summed E-state index contributed by atoms with van der Waals surface area (Å²) in [5.41, 5.74) is 1.68. The van der Waals surface area contributed by atoms with Crippen LogP contribution in [0.1, 0.15) is 30.0 Å². The van der Waals surface area contributed by atoms with Gasteiger partial charge in [0.15, 0.2) is 11.7 Å². The average Bonchev–Trinajstić information content (AvgIpc) is 3.15. The number of hydrogen-bond donors (Lipinski definition) is 3. The van der Waals surface area contributed by atoms with Crippen molar-refractivity contribution in [2.75, 3.05) is 25.6 Å². The number of carbonyl (C=O) groups is 1. The summed E-state index contributed by atoms with van der Waals surface area (Å²) in [6.45, 7) is 5.90. The summed E-state index contributed by atoms with van der Waals surface area (Å²) < 4.78 is 10.2. The molecule has 26 heavy (non-hydrogen) atoms. The van der Waals surface area contributed by atoms with E-state index in [2.05, 4.69) is 20.9 Å². The van der Waals surface area contributed by atoms with Crippen LogP contribution in [0, 0.1) is 0 Å². The molecule has 0 fully saturated rings. The highest BCUT2D eigenvalue weighted by Crippen LogP contribution is 2.13. The molecule has 1 amide bonds. The van der Waals surface area contributed by atoms with Crippen LogP contribution >= 0.6 is 0 Å². The fraction of sp³-hybridized carbons (Fsp3) is 0.368. The Bertz CT molecular complexity index is 713. The minimum Gasteiger partial charge on any atom is -0.459 e. The Balaban J connectivity index is 2.00. The van der Waals surface area contributed by atoms with E-state index in [-0.39, 0.29) is 17.7 Å². The van der Waals surface area contributed by atoms with E-state index in [9.17, 15) is 4.79 Å². The van der Waals surface area contributed by atoms with E-state index >= 15 is 0 Å². The van der Waals surface area contributed by atoms with Gasteiger partial charge in [0.1, 0.15) is 0 Å². The Kier molecular flexibility index (Phi) is 7.70. The van der Waals surface area contributed by atoms with E-state index < -0.39 is 0 Å². The summed E-state index contributed by atoms with van der Waals surface area (Å²) in [6, 6.07) is 11.0. The molecule has 0 aliphatic heterocycles. The Labute approximate surface area is 153 Å². The van der Waals surface area contributed by atoms with Gasteiger partial charge in [-0.15, -0.1) is 0 Å². The number of guanidine groups is 1. The summed E-state index contributed by atoms with van der Waals surface area (Å²) in [4.78, 5) is 16.6. The zero-order valence-electron chi connectivity index (χ0n) is 15.4. The number of aliphatic imine (C=N–C) groups is 1. The van der Waals surface area contributed by atoms with Crippen molar-refractivity contribution >= 4 is 17.6 Å². The first-order valence-corrected chi connectivity index (χ1v) is 8.60. The van der Waals surface area contributed by atoms with E-state index in [4.69, 9.17) is 9.15 Å². The van der Waals surface area contributed by atoms with Gasteiger partial charge in [-0.05, 0) is 43.7 Å². The molecule has 1 unspecified atom stereocenters. The summed E-state index contributed by atoms with van der Waals surface area (Å²) in [6.07, 6.45) is 1.47. The first-order valence-electron chi connectivity index (χ1n) is 8.60. The van der Waals surface area contributed by atoms with Gasteiger partial charge in [-0.2, -0.15) is 0 Å². The van der Waals surface area contributed by atoms with Crippen molar-refractivity contribution in [1.29, 1.82) is 0 Å². The van der Waals surface area contributed by atoms with Gasteiger partial charge in [-0.25, -0.2) is 4.99 Å². The molecule has 140 valence electrons. The molecule has 3 N–H and O–H groups in total. The standard InChI is InChI=1S/C19H26N4O3/c1-4-20-19(22-14(2)13-25-3)21-12-15-7-5-8-16(11-15)23-18(24)17-9-6-10-26-17/h5-11,14H,4,12-13H2,1-3H3,(H,23,24)(H2,20,21,22). The van der Waals surface area contributed by atoms with E-state index in [0.29, 0.717) is 18.8 Å². The van der Waals surface area contributed by atoms with Gasteiger partial charge in [0.25, 0.3) is 5.91 Å². The second kappa shape index (κ2) is 10.2. The number of nitrogens with zero attached hydrogens (tertiary/aromatic N) is 1. The smallest absolute Gasteiger partial charge is 0.291 e. The quantitative estimate of drug-likeness (QED) is 0.499. The second-order valence-electron chi connectivity index (χ2n) is 5.83. The number of rotatable bonds is 8. The van der Waals surface area contributed by atoms with Crippen molar-refractivity contribution < 1.29 is 13.9 Å². The normalized spacial score (nSPS) is 12.5. The second-order valence-corrected chi connectivity index (χ2v) is 5.83. The number of anilines is 1. The lowest BCUT2D eigenvalue weighted by atomic mass is 10.2. The zero-order valence-corrected chi connectivity index (χ0v) is 15.4. The fourth-order valence-electron chi connectivity index (χ4n) is 2.36. The molecule has 1 aromatic heterocycles. The number of carbonyl (C=O) groups excluding carboxylic acids is 1. The van der Waals surface area contributed by atoms with Crippen LogP contribution in [0.4, 0.5) is 5.69 Å². The first kappa shape index (κ1) is 19.5. The SMILES string of the molecule is CCNC(=NCc1cccc(NC(=O)c2ccco2)c1)NC(C)COC. The Hall–Kier alpha value is -2.80. The van der Waals surface area contributed by atoms with E-state index in [1.54, 1.807) is 19.2 Å². The van der Waals surface area contributed by atoms with Crippen molar-refractivity contribution in [3.05, 3.63) is 54.0 Å². The molecule has 0 bridgehead atoms. The summed E-state index contributed by atoms with van der Waals surface area (Å²) in [5, 5.41) is 9.31. The molecule has 0 saturated heterocycles. The molecule has 1 atom stereocenters. The fourth-order valence-corrected chi connectivity index (χ4v) is 2.36. The van der Waals surface area contributed by atoms with Crippen LogP contribution in [0.5, 0.6) is 0 Å². The Morgan fingerprint density at radius 2 is 2.15 bits per heavy atom. The van der Waals surface area contributed by atoms with Gasteiger partial charge in [-0.3, -0.25) is 4.79 Å². The van der Waals surface area contributed by atoms with Crippen LogP contribution in [-0.4, -0.2) is 38.2 Å². The van der Waals surface area contributed by atoms with Gasteiger partial charge >= 0.3 is 0 Å². The van der Waals surface area contributed by atoms with Crippen LogP contribution in [0.25, 0.3) is 0 Å². The highest BCUT2D eigenvalue weighted by Gasteiger charge is 2.09. The van der Waals surface area contributed by atoms with Gasteiger partial charge in [-0.1, -0.05) is 12.1 Å². The third kappa shape index (κ3) is 6.25. The zero-order chi connectivity index (χ0) is 18.8. The summed E-state index contributed by atoms with van der Waals surface area (Å²) >= 11 is 0. The van der Waals surface area contributed by atoms with Crippen LogP contribution in [0.15, 0.2) is 52.1 Å². The van der Waals surface area contributed by atoms with E-state index in [0.717, 1.165) is 18.1 Å². The van der Waals surface area contributed by atoms with Gasteiger partial charge < -0.3 is 25.1 Å². The van der Waals surface area contributed by atoms with Gasteiger partial charge in [0, 0.05) is 25.4 Å². The summed E-state index contributed by atoms with van der Waals surface area (Å²) in [5.74, 6) is 0.723. The monoisotopic (exact) mass is 358 g/mol. The van der Waals surface area contributed by atoms with Crippen LogP contribution in [0.3, 0.4) is 0 Å². The Morgan fingerprint density at radius 3 is 2.85 bits per heavy atom. The average molecular weight is 358 g/mol. The molecular weight excluding hydrogens is 332 g/mol. The molecular formula is C19H26N4O3. The molecule has 7 heteroatoms. The van der Waals surface area contributed by atoms with Crippen molar-refractivity contribution in [2.24, 2.45) is 4.99 Å². The molecule has 7 nitrogen and oxygen atoms in total. The predicted molar refractivity (Wildman–Crippen MR) is 102 cm³/mol. The highest BCUT2D eigenvalue weighted by atomic mass is 16.5. The lowest BCUT2D eigenvalue weighted by Crippen LogP contribution is -2.43. The molecule has 2 aromatic rings. The van der Waals surface area contributed by atoms with Crippen molar-refractivity contribution in [3.8, 4) is 0 Å². The maximum Gasteiger partial charge on any atom is 0.291 e. The van der Waals surface area contributed by atoms with Gasteiger partial charge in [0.05, 0.1) is 19.4 Å². The number of nitrogens with one attached hydrogen (secondary N) is 3. The number of furan rings is 1. The van der Waals surface area contributed by atoms with E-state index in [1.807, 2.05) is 38.1 Å². The number of amides is 1. The maximum absolute atomic E-state index is 12.1. The van der Waals surface area contributed by atoms with Crippen molar-refractivity contribution in [1.82, 2.24) is 10.6 Å². The molecule has 0 radical (unpaired) electrons. The number of ether oxygens (including phenoxy) is 1. The third-order valence-electron chi connectivity index (χ3n) is 3.49. The largest absolute Gasteiger partial charge is 0.459 e. The molecule has 0 aliphatic rings. The number of methoxy groups -OCH3 is 1. The molecule has 0 aliphatic carbocycles. The molecule has 1 aromatic carbocycles. The minimum absolute atomic E-state index is 0.150. The van der Waals surface area contributed by atoms with Gasteiger partial charge in [0.2, 0.25) is 0 Å². The Morgan fingerprint density at radius 1 is 1.31 bits per heavy atom. The van der Waals surface area contributed by atoms with Crippen molar-refractivity contribution in [2.45, 2.75) is 26.4 Å². The minimum atomic E-state index is -0.279. The number of benzene rings is 1. The maximum atomic E-state index is 12.1. The van der Waals surface area contributed by atoms with Crippen LogP contribution < -0.4 is 16.0 Å². The lowest BCUT2D eigenvalue weighted by Gasteiger charge is -2.17. The molecule has 0 spiro atoms. The first-order chi connectivity index (χ1) is 12.6. The molecule has 1 heterocycles. The van der Waals surface area contributed by atoms with E-state index in [1.165, 1.54) is 6.26 Å². The van der Waals surface area contributed by atoms with Crippen molar-refractivity contribution in [3.63, 3.8) is 0 Å². The number of hydrogen-bond acceptors (Lipinski definition) is 4. The topological polar surface area (TPSA) is 87.9 Å². The molecule has 2 rings (SSSR count). The molecule has 0 saturated carbocycles. The third-order valence-corrected chi connectivity index (χ3v) is 3.49. The van der Waals surface area contributed by atoms with Crippen LogP contribution in [-0.2, 0) is 11.3 Å². The summed E-state index contributed by atoms with van der Waals surface area (Å²) in [7, 11) is 1.67. The highest BCUT2D eigenvalue weighted by molar-refractivity contribution is 6.02. The predicted octanol–water partition coefficient (Wildman–Crippen LogP) is 2.62. The van der Waals surface area contributed by atoms with Crippen LogP contribution in [0.2, 0.25) is 0 Å². The lowest BCUT2D eigenvalue weighted by molar-refractivity contribution is 0.0996.